The Morgan fingerprint density at radius 2 is 1.66 bits per heavy atom. The molecule has 2 aromatic carbocycles. The Hall–Kier alpha value is -2.88. The van der Waals surface area contributed by atoms with E-state index < -0.39 is 30.2 Å². The van der Waals surface area contributed by atoms with E-state index in [0.717, 1.165) is 47.8 Å². The summed E-state index contributed by atoms with van der Waals surface area (Å²) in [5, 5.41) is 11.5. The van der Waals surface area contributed by atoms with Gasteiger partial charge in [-0.25, -0.2) is 0 Å². The molecule has 1 atom stereocenters. The number of carbonyl (C=O) groups is 3. The third-order valence-electron chi connectivity index (χ3n) is 5.97. The fraction of sp³-hybridized carbons (Fsp3) is 0.423. The molecule has 0 spiro atoms. The largest absolute Gasteiger partial charge is 0.494 e. The normalized spacial score (nSPS) is 14.7. The zero-order valence-corrected chi connectivity index (χ0v) is 21.1. The number of likely N-dealkylation sites (N-methyl/N-ethyl adjacent to an activating group) is 2. The molecule has 1 aliphatic heterocycles. The number of ether oxygens (including phenoxy) is 1. The van der Waals surface area contributed by atoms with Gasteiger partial charge in [0.1, 0.15) is 12.4 Å². The summed E-state index contributed by atoms with van der Waals surface area (Å²) in [5.74, 6) is 1.38. The molecule has 0 bridgehead atoms. The zero-order valence-electron chi connectivity index (χ0n) is 20.2. The highest BCUT2D eigenvalue weighted by Crippen LogP contribution is 2.23. The second-order valence-electron chi connectivity index (χ2n) is 8.32. The molecule has 8 nitrogen and oxygen atoms in total. The van der Waals surface area contributed by atoms with Crippen LogP contribution >= 0.6 is 11.8 Å². The van der Waals surface area contributed by atoms with Gasteiger partial charge >= 0.3 is 0 Å². The predicted octanol–water partition coefficient (Wildman–Crippen LogP) is 1.92. The second kappa shape index (κ2) is 13.3. The summed E-state index contributed by atoms with van der Waals surface area (Å²) < 4.78 is 5.88. The predicted molar refractivity (Wildman–Crippen MR) is 138 cm³/mol. The highest BCUT2D eigenvalue weighted by Gasteiger charge is 2.32. The van der Waals surface area contributed by atoms with E-state index in [9.17, 15) is 14.4 Å². The molecule has 3 rings (SSSR count). The number of ketones is 1. The van der Waals surface area contributed by atoms with E-state index in [1.807, 2.05) is 48.2 Å². The smallest absolute Gasteiger partial charge is 0.254 e. The Labute approximate surface area is 210 Å². The van der Waals surface area contributed by atoms with Crippen LogP contribution < -0.4 is 10.1 Å². The number of nitrogens with zero attached hydrogens (tertiary/aromatic N) is 2. The van der Waals surface area contributed by atoms with Crippen LogP contribution in [0.25, 0.3) is 11.1 Å². The lowest BCUT2D eigenvalue weighted by Crippen LogP contribution is -2.52. The number of benzene rings is 2. The van der Waals surface area contributed by atoms with Gasteiger partial charge in [-0.1, -0.05) is 24.3 Å². The Bertz CT molecular complexity index is 975. The lowest BCUT2D eigenvalue weighted by Gasteiger charge is -2.25. The lowest BCUT2D eigenvalue weighted by molar-refractivity contribution is -0.135. The van der Waals surface area contributed by atoms with Crippen LogP contribution in [-0.2, 0) is 9.59 Å². The van der Waals surface area contributed by atoms with Crippen LogP contribution in [0.4, 0.5) is 0 Å². The van der Waals surface area contributed by atoms with E-state index >= 15 is 0 Å². The number of rotatable bonds is 11. The fourth-order valence-corrected chi connectivity index (χ4v) is 4.91. The Morgan fingerprint density at radius 1 is 1.06 bits per heavy atom. The molecule has 35 heavy (non-hydrogen) atoms. The molecule has 1 aliphatic rings. The number of carbonyl (C=O) groups excluding carboxylic acids is 3. The molecule has 188 valence electrons. The molecule has 1 saturated heterocycles. The molecule has 9 heteroatoms. The van der Waals surface area contributed by atoms with E-state index in [1.54, 1.807) is 12.1 Å². The van der Waals surface area contributed by atoms with Crippen molar-refractivity contribution in [2.24, 2.45) is 0 Å². The average Bonchev–Trinajstić information content (AvgIpc) is 2.91. The number of amides is 2. The number of hydrogen-bond donors (Lipinski definition) is 2. The minimum Gasteiger partial charge on any atom is -0.494 e. The van der Waals surface area contributed by atoms with Crippen LogP contribution in [0, 0.1) is 0 Å². The number of Topliss-reactive ketones (excluding diaryl/α,β-unsaturated/α-hetero) is 1. The van der Waals surface area contributed by atoms with Gasteiger partial charge in [0.2, 0.25) is 5.91 Å². The first-order valence-electron chi connectivity index (χ1n) is 11.7. The van der Waals surface area contributed by atoms with Gasteiger partial charge in [0.25, 0.3) is 5.91 Å². The molecule has 0 radical (unpaired) electrons. The van der Waals surface area contributed by atoms with Gasteiger partial charge in [-0.2, -0.15) is 11.8 Å². The van der Waals surface area contributed by atoms with E-state index in [2.05, 4.69) is 10.2 Å². The van der Waals surface area contributed by atoms with Gasteiger partial charge in [-0.3, -0.25) is 14.4 Å². The maximum absolute atomic E-state index is 12.8. The first-order chi connectivity index (χ1) is 16.9. The quantitative estimate of drug-likeness (QED) is 0.360. The summed E-state index contributed by atoms with van der Waals surface area (Å²) >= 11 is 2.02. The molecule has 0 saturated carbocycles. The number of aliphatic hydroxyl groups is 1. The van der Waals surface area contributed by atoms with Gasteiger partial charge in [-0.05, 0) is 41.8 Å². The summed E-state index contributed by atoms with van der Waals surface area (Å²) in [6, 6.07) is 13.4. The number of thioether (sulfide) groups is 1. The van der Waals surface area contributed by atoms with Crippen molar-refractivity contribution >= 4 is 29.4 Å². The van der Waals surface area contributed by atoms with Crippen molar-refractivity contribution in [3.05, 3.63) is 54.1 Å². The molecule has 0 aromatic heterocycles. The third kappa shape index (κ3) is 7.30. The van der Waals surface area contributed by atoms with Crippen molar-refractivity contribution in [3.8, 4) is 16.9 Å². The Morgan fingerprint density at radius 3 is 2.23 bits per heavy atom. The maximum atomic E-state index is 12.8. The van der Waals surface area contributed by atoms with Crippen LogP contribution in [0.5, 0.6) is 5.75 Å². The molecule has 1 heterocycles. The van der Waals surface area contributed by atoms with E-state index in [4.69, 9.17) is 9.84 Å². The summed E-state index contributed by atoms with van der Waals surface area (Å²) in [6.07, 6.45) is 1.00. The molecule has 1 fully saturated rings. The van der Waals surface area contributed by atoms with Crippen molar-refractivity contribution in [2.45, 2.75) is 12.5 Å². The Kier molecular flexibility index (Phi) is 10.1. The van der Waals surface area contributed by atoms with Crippen LogP contribution in [0.2, 0.25) is 0 Å². The first kappa shape index (κ1) is 26.7. The average molecular weight is 500 g/mol. The molecule has 2 amide bonds. The number of aliphatic hydroxyl groups excluding tert-OH is 1. The molecule has 0 aliphatic carbocycles. The van der Waals surface area contributed by atoms with E-state index in [0.29, 0.717) is 12.2 Å². The first-order valence-corrected chi connectivity index (χ1v) is 12.9. The number of hydrogen-bond acceptors (Lipinski definition) is 7. The van der Waals surface area contributed by atoms with Crippen LogP contribution in [0.1, 0.15) is 16.8 Å². The van der Waals surface area contributed by atoms with Gasteiger partial charge in [0.15, 0.2) is 11.8 Å². The van der Waals surface area contributed by atoms with Gasteiger partial charge in [0.05, 0.1) is 6.61 Å². The summed E-state index contributed by atoms with van der Waals surface area (Å²) in [7, 11) is 2.74. The molecule has 2 aromatic rings. The van der Waals surface area contributed by atoms with Gasteiger partial charge in [0, 0.05) is 50.8 Å². The van der Waals surface area contributed by atoms with Crippen LogP contribution in [0.3, 0.4) is 0 Å². The summed E-state index contributed by atoms with van der Waals surface area (Å²) in [6.45, 7) is 3.25. The SMILES string of the molecule is CNC(=O)C(C(=O)CO)N(C)C(=O)c1ccc(-c2ccc(OCCCN3CCSCC3)cc2)cc1. The van der Waals surface area contributed by atoms with Crippen molar-refractivity contribution in [1.82, 2.24) is 15.1 Å². The molecular formula is C26H33N3O5S. The molecule has 2 N–H and O–H groups in total. The van der Waals surface area contributed by atoms with Crippen molar-refractivity contribution < 1.29 is 24.2 Å². The van der Waals surface area contributed by atoms with Crippen LogP contribution in [0.15, 0.2) is 48.5 Å². The second-order valence-corrected chi connectivity index (χ2v) is 9.54. The highest BCUT2D eigenvalue weighted by atomic mass is 32.2. The maximum Gasteiger partial charge on any atom is 0.254 e. The van der Waals surface area contributed by atoms with Gasteiger partial charge in [-0.15, -0.1) is 0 Å². The topological polar surface area (TPSA) is 99.2 Å². The minimum atomic E-state index is -1.39. The Balaban J connectivity index is 1.56. The third-order valence-corrected chi connectivity index (χ3v) is 6.92. The van der Waals surface area contributed by atoms with Gasteiger partial charge < -0.3 is 25.0 Å². The summed E-state index contributed by atoms with van der Waals surface area (Å²) in [4.78, 5) is 40.4. The lowest BCUT2D eigenvalue weighted by atomic mass is 10.0. The monoisotopic (exact) mass is 499 g/mol. The van der Waals surface area contributed by atoms with E-state index in [-0.39, 0.29) is 0 Å². The number of nitrogens with one attached hydrogen (secondary N) is 1. The minimum absolute atomic E-state index is 0.336. The van der Waals surface area contributed by atoms with Crippen molar-refractivity contribution in [3.63, 3.8) is 0 Å². The van der Waals surface area contributed by atoms with Crippen molar-refractivity contribution in [2.75, 3.05) is 58.4 Å². The molecule has 1 unspecified atom stereocenters. The van der Waals surface area contributed by atoms with E-state index in [1.165, 1.54) is 25.6 Å². The van der Waals surface area contributed by atoms with Crippen molar-refractivity contribution in [1.29, 1.82) is 0 Å². The fourth-order valence-electron chi connectivity index (χ4n) is 3.93. The standard InChI is InChI=1S/C26H33N3O5S/c1-27-25(32)24(23(31)18-30)28(2)26(33)21-6-4-19(5-7-21)20-8-10-22(11-9-20)34-15-3-12-29-13-16-35-17-14-29/h4-11,24,30H,3,12-18H2,1-2H3,(H,27,32). The van der Waals surface area contributed by atoms with Crippen LogP contribution in [-0.4, -0.2) is 97.0 Å². The zero-order chi connectivity index (χ0) is 25.2. The molecular weight excluding hydrogens is 466 g/mol. The summed E-state index contributed by atoms with van der Waals surface area (Å²) in [5.41, 5.74) is 2.24. The highest BCUT2D eigenvalue weighted by molar-refractivity contribution is 7.99.